The van der Waals surface area contributed by atoms with E-state index in [1.807, 2.05) is 0 Å². The maximum Gasteiger partial charge on any atom is 0.409 e. The predicted octanol–water partition coefficient (Wildman–Crippen LogP) is 0.183. The molecule has 1 aromatic heterocycles. The van der Waals surface area contributed by atoms with Crippen molar-refractivity contribution in [3.63, 3.8) is 0 Å². The van der Waals surface area contributed by atoms with Crippen molar-refractivity contribution in [2.24, 2.45) is 0 Å². The van der Waals surface area contributed by atoms with E-state index in [2.05, 4.69) is 14.7 Å². The molecule has 6 nitrogen and oxygen atoms in total. The quantitative estimate of drug-likeness (QED) is 0.657. The SMILES string of the molecule is COC(=O)N1CCc2nc(N)ncc2C1. The number of hydrogen-bond acceptors (Lipinski definition) is 5. The summed E-state index contributed by atoms with van der Waals surface area (Å²) >= 11 is 0. The standard InChI is InChI=1S/C9H12N4O2/c1-15-9(14)13-3-2-7-6(5-13)4-11-8(10)12-7/h4H,2-3,5H2,1H3,(H2,10,11,12). The van der Waals surface area contributed by atoms with Gasteiger partial charge in [-0.05, 0) is 0 Å². The molecule has 2 heterocycles. The molecule has 2 N–H and O–H groups in total. The van der Waals surface area contributed by atoms with Gasteiger partial charge in [0.15, 0.2) is 0 Å². The van der Waals surface area contributed by atoms with Gasteiger partial charge in [-0.2, -0.15) is 0 Å². The number of nitrogens with zero attached hydrogens (tertiary/aromatic N) is 3. The molecule has 0 aliphatic carbocycles. The monoisotopic (exact) mass is 208 g/mol. The highest BCUT2D eigenvalue weighted by Gasteiger charge is 2.22. The van der Waals surface area contributed by atoms with Crippen LogP contribution in [-0.2, 0) is 17.7 Å². The largest absolute Gasteiger partial charge is 0.453 e. The second-order valence-corrected chi connectivity index (χ2v) is 3.34. The molecule has 1 aliphatic heterocycles. The lowest BCUT2D eigenvalue weighted by atomic mass is 10.1. The summed E-state index contributed by atoms with van der Waals surface area (Å²) in [5.41, 5.74) is 7.33. The summed E-state index contributed by atoms with van der Waals surface area (Å²) < 4.78 is 4.65. The van der Waals surface area contributed by atoms with E-state index >= 15 is 0 Å². The van der Waals surface area contributed by atoms with Crippen LogP contribution in [0.2, 0.25) is 0 Å². The third-order valence-electron chi connectivity index (χ3n) is 2.39. The average molecular weight is 208 g/mol. The van der Waals surface area contributed by atoms with Crippen LogP contribution in [0.5, 0.6) is 0 Å². The van der Waals surface area contributed by atoms with Gasteiger partial charge >= 0.3 is 6.09 Å². The molecule has 0 radical (unpaired) electrons. The van der Waals surface area contributed by atoms with Gasteiger partial charge in [0.25, 0.3) is 0 Å². The Morgan fingerprint density at radius 1 is 1.67 bits per heavy atom. The summed E-state index contributed by atoms with van der Waals surface area (Å²) in [6.45, 7) is 1.10. The van der Waals surface area contributed by atoms with Gasteiger partial charge in [0.05, 0.1) is 19.3 Å². The van der Waals surface area contributed by atoms with E-state index in [1.54, 1.807) is 11.1 Å². The van der Waals surface area contributed by atoms with Crippen LogP contribution in [0.1, 0.15) is 11.3 Å². The zero-order chi connectivity index (χ0) is 10.8. The first-order valence-corrected chi connectivity index (χ1v) is 4.64. The van der Waals surface area contributed by atoms with Crippen LogP contribution in [0.3, 0.4) is 0 Å². The first-order valence-electron chi connectivity index (χ1n) is 4.64. The topological polar surface area (TPSA) is 81.3 Å². The Balaban J connectivity index is 2.20. The van der Waals surface area contributed by atoms with Crippen LogP contribution in [0, 0.1) is 0 Å². The Hall–Kier alpha value is -1.85. The van der Waals surface area contributed by atoms with Gasteiger partial charge in [0.2, 0.25) is 5.95 Å². The van der Waals surface area contributed by atoms with Gasteiger partial charge in [-0.3, -0.25) is 0 Å². The van der Waals surface area contributed by atoms with Crippen molar-refractivity contribution in [2.75, 3.05) is 19.4 Å². The highest BCUT2D eigenvalue weighted by atomic mass is 16.5. The van der Waals surface area contributed by atoms with Crippen molar-refractivity contribution in [2.45, 2.75) is 13.0 Å². The number of nitrogens with two attached hydrogens (primary N) is 1. The number of nitrogen functional groups attached to an aromatic ring is 1. The second kappa shape index (κ2) is 3.72. The molecular formula is C9H12N4O2. The van der Waals surface area contributed by atoms with E-state index in [1.165, 1.54) is 7.11 Å². The summed E-state index contributed by atoms with van der Waals surface area (Å²) in [6, 6.07) is 0. The molecule has 0 saturated carbocycles. The van der Waals surface area contributed by atoms with E-state index in [9.17, 15) is 4.79 Å². The fourth-order valence-electron chi connectivity index (χ4n) is 1.62. The third kappa shape index (κ3) is 1.83. The van der Waals surface area contributed by atoms with Crippen LogP contribution < -0.4 is 5.73 Å². The van der Waals surface area contributed by atoms with Crippen LogP contribution in [0.25, 0.3) is 0 Å². The molecular weight excluding hydrogens is 196 g/mol. The summed E-state index contributed by atoms with van der Waals surface area (Å²) in [4.78, 5) is 20.9. The van der Waals surface area contributed by atoms with E-state index in [0.717, 1.165) is 11.3 Å². The Bertz CT molecular complexity index is 394. The van der Waals surface area contributed by atoms with E-state index < -0.39 is 0 Å². The summed E-state index contributed by atoms with van der Waals surface area (Å²) in [7, 11) is 1.37. The highest BCUT2D eigenvalue weighted by molar-refractivity contribution is 5.67. The van der Waals surface area contributed by atoms with Crippen molar-refractivity contribution < 1.29 is 9.53 Å². The number of aromatic nitrogens is 2. The number of carbonyl (C=O) groups is 1. The Kier molecular flexibility index (Phi) is 2.40. The molecule has 0 aromatic carbocycles. The lowest BCUT2D eigenvalue weighted by molar-refractivity contribution is 0.118. The number of rotatable bonds is 0. The Morgan fingerprint density at radius 2 is 2.47 bits per heavy atom. The van der Waals surface area contributed by atoms with E-state index in [4.69, 9.17) is 5.73 Å². The minimum atomic E-state index is -0.322. The van der Waals surface area contributed by atoms with Crippen LogP contribution in [0.15, 0.2) is 6.20 Å². The summed E-state index contributed by atoms with van der Waals surface area (Å²) in [6.07, 6.45) is 2.03. The minimum absolute atomic E-state index is 0.278. The molecule has 0 bridgehead atoms. The number of ether oxygens (including phenoxy) is 1. The zero-order valence-corrected chi connectivity index (χ0v) is 8.43. The molecule has 0 saturated heterocycles. The van der Waals surface area contributed by atoms with Crippen molar-refractivity contribution in [1.82, 2.24) is 14.9 Å². The fourth-order valence-corrected chi connectivity index (χ4v) is 1.62. The maximum atomic E-state index is 11.3. The molecule has 0 spiro atoms. The second-order valence-electron chi connectivity index (χ2n) is 3.34. The third-order valence-corrected chi connectivity index (χ3v) is 2.39. The van der Waals surface area contributed by atoms with Crippen LogP contribution >= 0.6 is 0 Å². The number of amides is 1. The highest BCUT2D eigenvalue weighted by Crippen LogP contribution is 2.17. The van der Waals surface area contributed by atoms with E-state index in [0.29, 0.717) is 19.5 Å². The molecule has 2 rings (SSSR count). The van der Waals surface area contributed by atoms with Crippen molar-refractivity contribution in [1.29, 1.82) is 0 Å². The maximum absolute atomic E-state index is 11.3. The molecule has 1 amide bonds. The molecule has 0 fully saturated rings. The van der Waals surface area contributed by atoms with Crippen molar-refractivity contribution in [3.8, 4) is 0 Å². The van der Waals surface area contributed by atoms with Gasteiger partial charge in [-0.25, -0.2) is 14.8 Å². The lowest BCUT2D eigenvalue weighted by Crippen LogP contribution is -2.36. The van der Waals surface area contributed by atoms with Gasteiger partial charge in [-0.1, -0.05) is 0 Å². The number of hydrogen-bond donors (Lipinski definition) is 1. The smallest absolute Gasteiger partial charge is 0.409 e. The molecule has 6 heteroatoms. The van der Waals surface area contributed by atoms with Crippen molar-refractivity contribution >= 4 is 12.0 Å². The minimum Gasteiger partial charge on any atom is -0.453 e. The van der Waals surface area contributed by atoms with Gasteiger partial charge in [0, 0.05) is 24.7 Å². The number of carbonyl (C=O) groups excluding carboxylic acids is 1. The molecule has 0 atom stereocenters. The molecule has 0 unspecified atom stereocenters. The fraction of sp³-hybridized carbons (Fsp3) is 0.444. The normalized spacial score (nSPS) is 14.6. The molecule has 1 aromatic rings. The lowest BCUT2D eigenvalue weighted by Gasteiger charge is -2.26. The predicted molar refractivity (Wildman–Crippen MR) is 53.0 cm³/mol. The van der Waals surface area contributed by atoms with Gasteiger partial charge in [0.1, 0.15) is 0 Å². The average Bonchev–Trinajstić information content (AvgIpc) is 2.27. The number of methoxy groups -OCH3 is 1. The first-order chi connectivity index (χ1) is 7.20. The van der Waals surface area contributed by atoms with Crippen LogP contribution in [0.4, 0.5) is 10.7 Å². The van der Waals surface area contributed by atoms with Gasteiger partial charge < -0.3 is 15.4 Å². The summed E-state index contributed by atoms with van der Waals surface area (Å²) in [5, 5.41) is 0. The molecule has 80 valence electrons. The Morgan fingerprint density at radius 3 is 3.20 bits per heavy atom. The number of anilines is 1. The Labute approximate surface area is 87.1 Å². The molecule has 15 heavy (non-hydrogen) atoms. The van der Waals surface area contributed by atoms with Crippen molar-refractivity contribution in [3.05, 3.63) is 17.5 Å². The van der Waals surface area contributed by atoms with E-state index in [-0.39, 0.29) is 12.0 Å². The first kappa shape index (κ1) is 9.70. The number of fused-ring (bicyclic) bond motifs is 1. The summed E-state index contributed by atoms with van der Waals surface area (Å²) in [5.74, 6) is 0.278. The molecule has 1 aliphatic rings. The van der Waals surface area contributed by atoms with Gasteiger partial charge in [-0.15, -0.1) is 0 Å². The van der Waals surface area contributed by atoms with Crippen LogP contribution in [-0.4, -0.2) is 34.6 Å². The zero-order valence-electron chi connectivity index (χ0n) is 8.43.